The van der Waals surface area contributed by atoms with Gasteiger partial charge in [-0.15, -0.1) is 0 Å². The third-order valence-corrected chi connectivity index (χ3v) is 6.98. The molecule has 0 bridgehead atoms. The molecule has 1 fully saturated rings. The van der Waals surface area contributed by atoms with E-state index in [2.05, 4.69) is 135 Å². The van der Waals surface area contributed by atoms with E-state index in [0.29, 0.717) is 23.7 Å². The zero-order valence-electron chi connectivity index (χ0n) is 21.6. The fraction of sp³-hybridized carbons (Fsp3) is 0.536. The van der Waals surface area contributed by atoms with Gasteiger partial charge in [0.05, 0.1) is 0 Å². The molecule has 0 aromatic heterocycles. The van der Waals surface area contributed by atoms with Gasteiger partial charge in [-0.1, -0.05) is 0 Å². The summed E-state index contributed by atoms with van der Waals surface area (Å²) in [7, 11) is 0. The molecule has 2 aromatic rings. The summed E-state index contributed by atoms with van der Waals surface area (Å²) in [6.45, 7) is 20.4. The summed E-state index contributed by atoms with van der Waals surface area (Å²) in [6.07, 6.45) is 0. The van der Waals surface area contributed by atoms with Crippen LogP contribution in [0, 0.1) is 0 Å². The molecule has 2 aromatic carbocycles. The fourth-order valence-electron chi connectivity index (χ4n) is 4.55. The molecule has 1 aliphatic heterocycles. The number of halogens is 2. The Hall–Kier alpha value is -1.14. The Morgan fingerprint density at radius 2 is 0.882 bits per heavy atom. The fourth-order valence-corrected chi connectivity index (χ4v) is 5.21. The number of benzene rings is 2. The van der Waals surface area contributed by atoms with Crippen molar-refractivity contribution in [2.45, 2.75) is 84.8 Å². The summed E-state index contributed by atoms with van der Waals surface area (Å²) in [4.78, 5) is 5.01. The Morgan fingerprint density at radius 1 is 0.647 bits per heavy atom. The maximum absolute atomic E-state index is 10.1. The molecule has 1 aliphatic rings. The molecule has 0 atom stereocenters. The quantitative estimate of drug-likeness (QED) is 0.253. The number of anilines is 2. The normalized spacial score (nSPS) is 14.2. The molecule has 1 heterocycles. The van der Waals surface area contributed by atoms with Crippen molar-refractivity contribution in [2.24, 2.45) is 0 Å². The number of alkyl halides is 2. The van der Waals surface area contributed by atoms with Crippen molar-refractivity contribution in [1.82, 2.24) is 0 Å². The molecule has 0 unspecified atom stereocenters. The first-order valence-electron chi connectivity index (χ1n) is 12.1. The van der Waals surface area contributed by atoms with Crippen molar-refractivity contribution in [3.05, 3.63) is 58.7 Å². The molecule has 34 heavy (non-hydrogen) atoms. The van der Waals surface area contributed by atoms with Crippen molar-refractivity contribution in [3.8, 4) is 0 Å². The number of para-hydroxylation sites is 2. The largest absolute Gasteiger partial charge is 0.721 e. The minimum Gasteiger partial charge on any atom is -0.721 e. The first-order valence-corrected chi connectivity index (χ1v) is 13.3. The molecule has 6 heteroatoms. The second-order valence-corrected chi connectivity index (χ2v) is 11.0. The average molecular weight is 582 g/mol. The summed E-state index contributed by atoms with van der Waals surface area (Å²) >= 11 is 7.36. The summed E-state index contributed by atoms with van der Waals surface area (Å²) in [5.41, 5.74) is 8.51. The van der Waals surface area contributed by atoms with E-state index >= 15 is 0 Å². The van der Waals surface area contributed by atoms with Crippen LogP contribution >= 0.6 is 0 Å². The van der Waals surface area contributed by atoms with Crippen LogP contribution in [-0.2, 0) is 33.2 Å². The van der Waals surface area contributed by atoms with Crippen LogP contribution in [0.3, 0.4) is 0 Å². The van der Waals surface area contributed by atoms with Gasteiger partial charge < -0.3 is 12.6 Å². The zero-order chi connectivity index (χ0) is 25.7. The van der Waals surface area contributed by atoms with Crippen molar-refractivity contribution in [1.29, 1.82) is 0 Å². The van der Waals surface area contributed by atoms with Crippen LogP contribution in [0.15, 0.2) is 36.4 Å². The molecule has 0 radical (unpaired) electrons. The Kier molecular flexibility index (Phi) is 10.9. The van der Waals surface area contributed by atoms with Gasteiger partial charge in [-0.05, 0) is 0 Å². The van der Waals surface area contributed by atoms with Crippen LogP contribution in [0.4, 0.5) is 20.2 Å². The number of rotatable bonds is 6. The zero-order valence-corrected chi connectivity index (χ0v) is 23.9. The van der Waals surface area contributed by atoms with E-state index in [9.17, 15) is 8.78 Å². The molecule has 0 saturated carbocycles. The smallest absolute Gasteiger partial charge is 0.126 e. The molecule has 1 saturated heterocycles. The standard InChI is InChI=1S/C27H38N2.CH2F2S.Ag/c1-18(2)22-11-9-12-23(19(3)4)26(22)28-15-16-29(17-28)27-24(20(5)6)13-10-14-25(27)21(7)8;2-1(3)4;/h9-14,18-21H,15-16H2,1-8H3;1,4H;/p-1. The van der Waals surface area contributed by atoms with E-state index in [1.54, 1.807) is 0 Å². The van der Waals surface area contributed by atoms with Crippen molar-refractivity contribution >= 4 is 28.0 Å². The van der Waals surface area contributed by atoms with Crippen LogP contribution < -0.4 is 9.80 Å². The summed E-state index contributed by atoms with van der Waals surface area (Å²) in [6, 6.07) is 13.7. The molecule has 3 rings (SSSR count). The van der Waals surface area contributed by atoms with E-state index in [0.717, 1.165) is 13.1 Å². The van der Waals surface area contributed by atoms with E-state index in [1.807, 2.05) is 0 Å². The molecule has 0 aliphatic carbocycles. The maximum atomic E-state index is 10.1. The first-order chi connectivity index (χ1) is 15.9. The van der Waals surface area contributed by atoms with Crippen LogP contribution in [0.1, 0.15) is 101 Å². The molecule has 193 valence electrons. The number of hydrogen-bond acceptors (Lipinski definition) is 3. The van der Waals surface area contributed by atoms with Gasteiger partial charge in [0.15, 0.2) is 0 Å². The second-order valence-electron chi connectivity index (χ2n) is 9.99. The predicted octanol–water partition coefficient (Wildman–Crippen LogP) is 7.90. The summed E-state index contributed by atoms with van der Waals surface area (Å²) < 4.78 is 21.5. The van der Waals surface area contributed by atoms with E-state index in [4.69, 9.17) is 0 Å². The Bertz CT molecular complexity index is 844. The Morgan fingerprint density at radius 3 is 1.09 bits per heavy atom. The van der Waals surface area contributed by atoms with Gasteiger partial charge in [0.25, 0.3) is 0 Å². The maximum Gasteiger partial charge on any atom is 0.126 e. The van der Waals surface area contributed by atoms with Crippen LogP contribution in [-0.4, -0.2) is 22.8 Å². The van der Waals surface area contributed by atoms with Crippen molar-refractivity contribution in [3.63, 3.8) is 0 Å². The van der Waals surface area contributed by atoms with E-state index < -0.39 is 5.76 Å². The van der Waals surface area contributed by atoms with Crippen LogP contribution in [0.2, 0.25) is 0 Å². The third kappa shape index (κ3) is 6.75. The molecule has 0 N–H and O–H groups in total. The van der Waals surface area contributed by atoms with Crippen molar-refractivity contribution < 1.29 is 29.4 Å². The molecule has 2 nitrogen and oxygen atoms in total. The van der Waals surface area contributed by atoms with Gasteiger partial charge in [0.2, 0.25) is 0 Å². The van der Waals surface area contributed by atoms with Crippen LogP contribution in [0.5, 0.6) is 0 Å². The summed E-state index contributed by atoms with van der Waals surface area (Å²) in [5.74, 6) is -0.632. The SMILES string of the molecule is CC(C)c1cccc(C(C)C)c1N1CCN(c2c(C(C)C)cccc2C(C)C)[C]1=[Ag].FC(F)[S-]. The van der Waals surface area contributed by atoms with E-state index in [1.165, 1.54) is 37.6 Å². The second kappa shape index (κ2) is 12.7. The first kappa shape index (κ1) is 29.1. The molecular weight excluding hydrogens is 542 g/mol. The molecule has 0 spiro atoms. The number of hydrogen-bond donors (Lipinski definition) is 0. The predicted molar refractivity (Wildman–Crippen MR) is 142 cm³/mol. The van der Waals surface area contributed by atoms with Gasteiger partial charge >= 0.3 is 197 Å². The van der Waals surface area contributed by atoms with Gasteiger partial charge in [0, 0.05) is 0 Å². The molecular formula is C28H39AgF2N2S-. The third-order valence-electron chi connectivity index (χ3n) is 6.18. The monoisotopic (exact) mass is 580 g/mol. The topological polar surface area (TPSA) is 6.48 Å². The summed E-state index contributed by atoms with van der Waals surface area (Å²) in [5, 5.41) is 0. The van der Waals surface area contributed by atoms with Gasteiger partial charge in [0.1, 0.15) is 5.76 Å². The van der Waals surface area contributed by atoms with Gasteiger partial charge in [-0.2, -0.15) is 0 Å². The van der Waals surface area contributed by atoms with Gasteiger partial charge in [-0.3, -0.25) is 0 Å². The molecule has 0 amide bonds. The van der Waals surface area contributed by atoms with Crippen molar-refractivity contribution in [2.75, 3.05) is 22.9 Å². The van der Waals surface area contributed by atoms with E-state index in [-0.39, 0.29) is 0 Å². The minimum absolute atomic E-state index is 0.488. The Labute approximate surface area is 222 Å². The minimum atomic E-state index is -2.58. The van der Waals surface area contributed by atoms with Crippen LogP contribution in [0.25, 0.3) is 0 Å². The average Bonchev–Trinajstić information content (AvgIpc) is 3.12. The Balaban J connectivity index is 0.000000945. The number of nitrogens with zero attached hydrogens (tertiary/aromatic N) is 2. The van der Waals surface area contributed by atoms with Gasteiger partial charge in [-0.25, -0.2) is 8.78 Å².